The Hall–Kier alpha value is -0.940. The predicted molar refractivity (Wildman–Crippen MR) is 38.7 cm³/mol. The fraction of sp³-hybridized carbons (Fsp3) is 0.667. The van der Waals surface area contributed by atoms with Crippen LogP contribution in [-0.4, -0.2) is 36.0 Å². The smallest absolute Gasteiger partial charge is 0.239 e. The summed E-state index contributed by atoms with van der Waals surface area (Å²) < 4.78 is 0. The van der Waals surface area contributed by atoms with Crippen LogP contribution < -0.4 is 11.1 Å². The number of rotatable bonds is 4. The molecule has 0 radical (unpaired) electrons. The number of aldehydes is 1. The normalized spacial score (nSPS) is 15.2. The third-order valence-electron chi connectivity index (χ3n) is 1.18. The summed E-state index contributed by atoms with van der Waals surface area (Å²) in [7, 11) is 0. The second kappa shape index (κ2) is 4.81. The molecule has 0 heterocycles. The van der Waals surface area contributed by atoms with E-state index in [-0.39, 0.29) is 6.54 Å². The molecule has 0 rings (SSSR count). The minimum absolute atomic E-state index is 0.0702. The standard InChI is InChI=1S/C6H12N2O3/c1-4(10)5(7)6(11)8-2-3-9/h3-5,10H,2,7H2,1H3,(H,8,11)/t4?,5-/m1/s1. The molecule has 11 heavy (non-hydrogen) atoms. The van der Waals surface area contributed by atoms with Gasteiger partial charge in [-0.05, 0) is 6.92 Å². The summed E-state index contributed by atoms with van der Waals surface area (Å²) in [5.74, 6) is -0.521. The maximum Gasteiger partial charge on any atom is 0.239 e. The van der Waals surface area contributed by atoms with Gasteiger partial charge in [-0.1, -0.05) is 0 Å². The maximum absolute atomic E-state index is 10.8. The van der Waals surface area contributed by atoms with Gasteiger partial charge < -0.3 is 21.0 Å². The molecule has 0 aliphatic carbocycles. The molecule has 4 N–H and O–H groups in total. The lowest BCUT2D eigenvalue weighted by atomic mass is 10.2. The molecule has 0 aromatic heterocycles. The van der Waals surface area contributed by atoms with Crippen LogP contribution in [0.3, 0.4) is 0 Å². The number of hydrogen-bond acceptors (Lipinski definition) is 4. The van der Waals surface area contributed by atoms with E-state index in [0.717, 1.165) is 0 Å². The highest BCUT2D eigenvalue weighted by molar-refractivity contribution is 5.83. The number of carbonyl (C=O) groups is 2. The van der Waals surface area contributed by atoms with Crippen molar-refractivity contribution in [3.05, 3.63) is 0 Å². The molecular formula is C6H12N2O3. The van der Waals surface area contributed by atoms with Gasteiger partial charge in [0.15, 0.2) is 0 Å². The van der Waals surface area contributed by atoms with Crippen LogP contribution in [0.1, 0.15) is 6.92 Å². The predicted octanol–water partition coefficient (Wildman–Crippen LogP) is -1.99. The molecule has 2 atom stereocenters. The van der Waals surface area contributed by atoms with E-state index in [1.165, 1.54) is 6.92 Å². The van der Waals surface area contributed by atoms with Crippen molar-refractivity contribution in [2.45, 2.75) is 19.1 Å². The summed E-state index contributed by atoms with van der Waals surface area (Å²) >= 11 is 0. The van der Waals surface area contributed by atoms with E-state index in [9.17, 15) is 9.59 Å². The molecule has 0 aliphatic rings. The van der Waals surface area contributed by atoms with Crippen molar-refractivity contribution in [2.75, 3.05) is 6.54 Å². The van der Waals surface area contributed by atoms with Crippen LogP contribution in [0.4, 0.5) is 0 Å². The number of nitrogens with one attached hydrogen (secondary N) is 1. The first kappa shape index (κ1) is 10.1. The van der Waals surface area contributed by atoms with Gasteiger partial charge in [-0.25, -0.2) is 0 Å². The molecule has 0 saturated carbocycles. The first-order valence-electron chi connectivity index (χ1n) is 3.24. The Morgan fingerprint density at radius 3 is 2.73 bits per heavy atom. The van der Waals surface area contributed by atoms with Crippen LogP contribution in [0.2, 0.25) is 0 Å². The Labute approximate surface area is 64.6 Å². The first-order chi connectivity index (χ1) is 5.09. The van der Waals surface area contributed by atoms with E-state index < -0.39 is 18.1 Å². The average Bonchev–Trinajstić information content (AvgIpc) is 1.98. The Morgan fingerprint density at radius 1 is 1.82 bits per heavy atom. The van der Waals surface area contributed by atoms with Crippen LogP contribution in [0.15, 0.2) is 0 Å². The second-order valence-electron chi connectivity index (χ2n) is 2.18. The lowest BCUT2D eigenvalue weighted by Gasteiger charge is -2.12. The van der Waals surface area contributed by atoms with E-state index in [2.05, 4.69) is 5.32 Å². The minimum Gasteiger partial charge on any atom is -0.391 e. The van der Waals surface area contributed by atoms with E-state index in [0.29, 0.717) is 6.29 Å². The number of aliphatic hydroxyl groups is 1. The Kier molecular flexibility index (Phi) is 4.40. The quantitative estimate of drug-likeness (QED) is 0.415. The van der Waals surface area contributed by atoms with Crippen LogP contribution in [0, 0.1) is 0 Å². The van der Waals surface area contributed by atoms with Gasteiger partial charge in [0, 0.05) is 0 Å². The summed E-state index contributed by atoms with van der Waals surface area (Å²) in [6.45, 7) is 1.34. The molecule has 0 aromatic carbocycles. The van der Waals surface area contributed by atoms with Crippen molar-refractivity contribution in [3.63, 3.8) is 0 Å². The third-order valence-corrected chi connectivity index (χ3v) is 1.18. The van der Waals surface area contributed by atoms with Crippen molar-refractivity contribution in [1.82, 2.24) is 5.32 Å². The lowest BCUT2D eigenvalue weighted by Crippen LogP contribution is -2.47. The molecule has 5 heteroatoms. The largest absolute Gasteiger partial charge is 0.391 e. The van der Waals surface area contributed by atoms with Gasteiger partial charge in [0.2, 0.25) is 5.91 Å². The van der Waals surface area contributed by atoms with Gasteiger partial charge >= 0.3 is 0 Å². The summed E-state index contributed by atoms with van der Waals surface area (Å²) in [6, 6.07) is -0.963. The van der Waals surface area contributed by atoms with E-state index in [1.54, 1.807) is 0 Å². The third kappa shape index (κ3) is 3.69. The molecule has 1 unspecified atom stereocenters. The average molecular weight is 160 g/mol. The lowest BCUT2D eigenvalue weighted by molar-refractivity contribution is -0.125. The topological polar surface area (TPSA) is 92.4 Å². The van der Waals surface area contributed by atoms with Crippen LogP contribution in [0.5, 0.6) is 0 Å². The number of carbonyl (C=O) groups excluding carboxylic acids is 2. The van der Waals surface area contributed by atoms with Crippen LogP contribution in [-0.2, 0) is 9.59 Å². The van der Waals surface area contributed by atoms with Crippen molar-refractivity contribution in [3.8, 4) is 0 Å². The van der Waals surface area contributed by atoms with Crippen molar-refractivity contribution in [1.29, 1.82) is 0 Å². The molecule has 0 bridgehead atoms. The van der Waals surface area contributed by atoms with Crippen molar-refractivity contribution >= 4 is 12.2 Å². The number of nitrogens with two attached hydrogens (primary N) is 1. The summed E-state index contributed by atoms with van der Waals surface area (Å²) in [6.07, 6.45) is -0.353. The van der Waals surface area contributed by atoms with Gasteiger partial charge in [0.1, 0.15) is 12.3 Å². The fourth-order valence-corrected chi connectivity index (χ4v) is 0.479. The molecule has 64 valence electrons. The van der Waals surface area contributed by atoms with Gasteiger partial charge in [-0.2, -0.15) is 0 Å². The molecule has 1 amide bonds. The zero-order valence-electron chi connectivity index (χ0n) is 6.28. The van der Waals surface area contributed by atoms with Gasteiger partial charge in [-0.15, -0.1) is 0 Å². The van der Waals surface area contributed by atoms with E-state index in [1.807, 2.05) is 0 Å². The number of hydrogen-bond donors (Lipinski definition) is 3. The molecule has 0 spiro atoms. The van der Waals surface area contributed by atoms with Gasteiger partial charge in [-0.3, -0.25) is 4.79 Å². The molecular weight excluding hydrogens is 148 g/mol. The molecule has 0 saturated heterocycles. The molecule has 0 fully saturated rings. The zero-order chi connectivity index (χ0) is 8.85. The highest BCUT2D eigenvalue weighted by Crippen LogP contribution is 1.86. The van der Waals surface area contributed by atoms with Crippen LogP contribution >= 0.6 is 0 Å². The second-order valence-corrected chi connectivity index (χ2v) is 2.18. The summed E-state index contributed by atoms with van der Waals surface area (Å²) in [5, 5.41) is 11.0. The van der Waals surface area contributed by atoms with E-state index in [4.69, 9.17) is 10.8 Å². The minimum atomic E-state index is -0.963. The molecule has 0 aromatic rings. The molecule has 5 nitrogen and oxygen atoms in total. The van der Waals surface area contributed by atoms with Crippen molar-refractivity contribution in [2.24, 2.45) is 5.73 Å². The van der Waals surface area contributed by atoms with Crippen LogP contribution in [0.25, 0.3) is 0 Å². The van der Waals surface area contributed by atoms with Gasteiger partial charge in [0.25, 0.3) is 0 Å². The Balaban J connectivity index is 3.73. The van der Waals surface area contributed by atoms with Gasteiger partial charge in [0.05, 0.1) is 12.6 Å². The number of amides is 1. The number of aliphatic hydroxyl groups excluding tert-OH is 1. The highest BCUT2D eigenvalue weighted by atomic mass is 16.3. The fourth-order valence-electron chi connectivity index (χ4n) is 0.479. The SMILES string of the molecule is CC(O)[C@@H](N)C(=O)NCC=O. The summed E-state index contributed by atoms with van der Waals surface area (Å²) in [5.41, 5.74) is 5.22. The highest BCUT2D eigenvalue weighted by Gasteiger charge is 2.17. The Bertz CT molecular complexity index is 147. The Morgan fingerprint density at radius 2 is 2.36 bits per heavy atom. The van der Waals surface area contributed by atoms with Crippen molar-refractivity contribution < 1.29 is 14.7 Å². The summed E-state index contributed by atoms with van der Waals surface area (Å²) in [4.78, 5) is 20.6. The first-order valence-corrected chi connectivity index (χ1v) is 3.24. The monoisotopic (exact) mass is 160 g/mol. The van der Waals surface area contributed by atoms with E-state index >= 15 is 0 Å². The molecule has 0 aliphatic heterocycles. The zero-order valence-corrected chi connectivity index (χ0v) is 6.28. The maximum atomic E-state index is 10.8.